The average molecular weight is 325 g/mol. The number of aromatic amines is 1. The summed E-state index contributed by atoms with van der Waals surface area (Å²) in [6, 6.07) is 6.59. The highest BCUT2D eigenvalue weighted by Crippen LogP contribution is 2.19. The van der Waals surface area contributed by atoms with Gasteiger partial charge in [-0.3, -0.25) is 0 Å². The van der Waals surface area contributed by atoms with Crippen LogP contribution in [0, 0.1) is 0 Å². The highest BCUT2D eigenvalue weighted by atomic mass is 35.5. The van der Waals surface area contributed by atoms with Gasteiger partial charge in [-0.05, 0) is 18.6 Å². The Balaban J connectivity index is 2.17. The number of fused-ring (bicyclic) bond motifs is 1. The molecule has 1 unspecified atom stereocenters. The summed E-state index contributed by atoms with van der Waals surface area (Å²) >= 11 is 5.34. The highest BCUT2D eigenvalue weighted by Gasteiger charge is 2.24. The number of nitrogens with one attached hydrogen (secondary N) is 2. The molecule has 1 amide bonds. The third kappa shape index (κ3) is 3.92. The summed E-state index contributed by atoms with van der Waals surface area (Å²) in [6.45, 7) is 1.94. The van der Waals surface area contributed by atoms with Crippen LogP contribution < -0.4 is 5.32 Å². The maximum atomic E-state index is 12.0. The Kier molecular flexibility index (Phi) is 5.66. The fraction of sp³-hybridized carbons (Fsp3) is 0.333. The second-order valence-corrected chi connectivity index (χ2v) is 4.77. The number of H-pyrrole nitrogens is 1. The van der Waals surface area contributed by atoms with E-state index in [0.29, 0.717) is 6.42 Å². The van der Waals surface area contributed by atoms with Gasteiger partial charge < -0.3 is 19.8 Å². The molecule has 0 aliphatic rings. The Morgan fingerprint density at radius 3 is 2.82 bits per heavy atom. The maximum Gasteiger partial charge on any atom is 0.409 e. The monoisotopic (exact) mass is 324 g/mol. The molecule has 0 saturated carbocycles. The molecule has 1 atom stereocenters. The molecule has 2 rings (SSSR count). The SMILES string of the molecule is CCOC(=O)C(Cc1c[nH]c2ccccc12)NC(=O)OCCl. The van der Waals surface area contributed by atoms with E-state index in [9.17, 15) is 9.59 Å². The van der Waals surface area contributed by atoms with Gasteiger partial charge in [0, 0.05) is 23.5 Å². The molecule has 118 valence electrons. The number of rotatable bonds is 6. The lowest BCUT2D eigenvalue weighted by Gasteiger charge is -2.16. The molecule has 1 aromatic heterocycles. The molecule has 0 saturated heterocycles. The number of carbonyl (C=O) groups is 2. The van der Waals surface area contributed by atoms with Crippen LogP contribution in [0.2, 0.25) is 0 Å². The zero-order valence-corrected chi connectivity index (χ0v) is 12.9. The van der Waals surface area contributed by atoms with Crippen molar-refractivity contribution >= 4 is 34.6 Å². The van der Waals surface area contributed by atoms with E-state index in [1.807, 2.05) is 30.5 Å². The second kappa shape index (κ2) is 7.70. The fourth-order valence-corrected chi connectivity index (χ4v) is 2.29. The van der Waals surface area contributed by atoms with Crippen molar-refractivity contribution < 1.29 is 19.1 Å². The molecule has 7 heteroatoms. The van der Waals surface area contributed by atoms with Crippen LogP contribution in [0.3, 0.4) is 0 Å². The molecule has 0 aliphatic carbocycles. The van der Waals surface area contributed by atoms with Gasteiger partial charge >= 0.3 is 12.1 Å². The first kappa shape index (κ1) is 16.2. The summed E-state index contributed by atoms with van der Waals surface area (Å²) in [7, 11) is 0. The Morgan fingerprint density at radius 1 is 1.32 bits per heavy atom. The summed E-state index contributed by atoms with van der Waals surface area (Å²) in [6.07, 6.45) is 1.35. The number of amides is 1. The summed E-state index contributed by atoms with van der Waals surface area (Å²) in [5, 5.41) is 3.46. The molecule has 0 radical (unpaired) electrons. The second-order valence-electron chi connectivity index (χ2n) is 4.55. The van der Waals surface area contributed by atoms with E-state index in [1.54, 1.807) is 6.92 Å². The van der Waals surface area contributed by atoms with E-state index < -0.39 is 18.1 Å². The van der Waals surface area contributed by atoms with Crippen LogP contribution in [0.15, 0.2) is 30.5 Å². The minimum atomic E-state index is -0.838. The molecule has 1 heterocycles. The quantitative estimate of drug-likeness (QED) is 0.632. The van der Waals surface area contributed by atoms with Crippen molar-refractivity contribution in [3.8, 4) is 0 Å². The molecule has 0 spiro atoms. The summed E-state index contributed by atoms with van der Waals surface area (Å²) in [5.41, 5.74) is 1.86. The number of para-hydroxylation sites is 1. The minimum absolute atomic E-state index is 0.232. The standard InChI is InChI=1S/C15H17ClN2O4/c1-2-21-14(19)13(18-15(20)22-9-16)7-10-8-17-12-6-4-3-5-11(10)12/h3-6,8,13,17H,2,7,9H2,1H3,(H,18,20). The van der Waals surface area contributed by atoms with Crippen LogP contribution in [0.5, 0.6) is 0 Å². The maximum absolute atomic E-state index is 12.0. The zero-order valence-electron chi connectivity index (χ0n) is 12.1. The van der Waals surface area contributed by atoms with Crippen molar-refractivity contribution in [3.63, 3.8) is 0 Å². The van der Waals surface area contributed by atoms with E-state index >= 15 is 0 Å². The summed E-state index contributed by atoms with van der Waals surface area (Å²) in [4.78, 5) is 26.7. The number of alkyl halides is 1. The largest absolute Gasteiger partial charge is 0.464 e. The van der Waals surface area contributed by atoms with Crippen LogP contribution in [-0.2, 0) is 20.7 Å². The van der Waals surface area contributed by atoms with E-state index in [4.69, 9.17) is 16.3 Å². The number of esters is 1. The normalized spacial score (nSPS) is 11.9. The van der Waals surface area contributed by atoms with Gasteiger partial charge in [0.2, 0.25) is 0 Å². The van der Waals surface area contributed by atoms with Crippen molar-refractivity contribution in [2.75, 3.05) is 12.7 Å². The lowest BCUT2D eigenvalue weighted by Crippen LogP contribution is -2.43. The van der Waals surface area contributed by atoms with Gasteiger partial charge in [-0.1, -0.05) is 29.8 Å². The van der Waals surface area contributed by atoms with Crippen LogP contribution >= 0.6 is 11.6 Å². The summed E-state index contributed by atoms with van der Waals surface area (Å²) < 4.78 is 9.60. The first-order valence-electron chi connectivity index (χ1n) is 6.86. The van der Waals surface area contributed by atoms with Crippen molar-refractivity contribution in [2.24, 2.45) is 0 Å². The lowest BCUT2D eigenvalue weighted by molar-refractivity contribution is -0.145. The first-order valence-corrected chi connectivity index (χ1v) is 7.40. The molecule has 2 N–H and O–H groups in total. The van der Waals surface area contributed by atoms with Crippen molar-refractivity contribution in [3.05, 3.63) is 36.0 Å². The molecule has 6 nitrogen and oxygen atoms in total. The number of aromatic nitrogens is 1. The molecule has 22 heavy (non-hydrogen) atoms. The topological polar surface area (TPSA) is 80.4 Å². The molecular weight excluding hydrogens is 308 g/mol. The minimum Gasteiger partial charge on any atom is -0.464 e. The number of halogens is 1. The van der Waals surface area contributed by atoms with Gasteiger partial charge in [0.05, 0.1) is 6.61 Å². The van der Waals surface area contributed by atoms with Crippen molar-refractivity contribution in [2.45, 2.75) is 19.4 Å². The van der Waals surface area contributed by atoms with Crippen molar-refractivity contribution in [1.82, 2.24) is 10.3 Å². The highest BCUT2D eigenvalue weighted by molar-refractivity contribution is 6.17. The van der Waals surface area contributed by atoms with Crippen LogP contribution in [0.25, 0.3) is 10.9 Å². The number of ether oxygens (including phenoxy) is 2. The third-order valence-corrected chi connectivity index (χ3v) is 3.26. The van der Waals surface area contributed by atoms with Crippen LogP contribution in [0.4, 0.5) is 4.79 Å². The van der Waals surface area contributed by atoms with Crippen LogP contribution in [0.1, 0.15) is 12.5 Å². The fourth-order valence-electron chi connectivity index (χ4n) is 2.19. The van der Waals surface area contributed by atoms with Gasteiger partial charge in [-0.2, -0.15) is 0 Å². The third-order valence-electron chi connectivity index (χ3n) is 3.15. The predicted octanol–water partition coefficient (Wildman–Crippen LogP) is 2.56. The first-order chi connectivity index (χ1) is 10.7. The van der Waals surface area contributed by atoms with Crippen LogP contribution in [-0.4, -0.2) is 35.8 Å². The predicted molar refractivity (Wildman–Crippen MR) is 82.8 cm³/mol. The number of hydrogen-bond acceptors (Lipinski definition) is 4. The van der Waals surface area contributed by atoms with E-state index in [2.05, 4.69) is 15.0 Å². The molecule has 2 aromatic rings. The zero-order chi connectivity index (χ0) is 15.9. The van der Waals surface area contributed by atoms with E-state index in [0.717, 1.165) is 16.5 Å². The Bertz CT molecular complexity index is 656. The molecule has 1 aromatic carbocycles. The van der Waals surface area contributed by atoms with Crippen molar-refractivity contribution in [1.29, 1.82) is 0 Å². The molecule has 0 aliphatic heterocycles. The van der Waals surface area contributed by atoms with E-state index in [1.165, 1.54) is 0 Å². The number of hydrogen-bond donors (Lipinski definition) is 2. The Hall–Kier alpha value is -2.21. The number of carbonyl (C=O) groups excluding carboxylic acids is 2. The summed E-state index contributed by atoms with van der Waals surface area (Å²) in [5.74, 6) is -0.515. The van der Waals surface area contributed by atoms with Gasteiger partial charge in [0.1, 0.15) is 6.04 Å². The van der Waals surface area contributed by atoms with Gasteiger partial charge in [0.25, 0.3) is 0 Å². The lowest BCUT2D eigenvalue weighted by atomic mass is 10.1. The smallest absolute Gasteiger partial charge is 0.409 e. The van der Waals surface area contributed by atoms with Gasteiger partial charge in [0.15, 0.2) is 6.07 Å². The molecule has 0 bridgehead atoms. The van der Waals surface area contributed by atoms with Gasteiger partial charge in [-0.25, -0.2) is 9.59 Å². The average Bonchev–Trinajstić information content (AvgIpc) is 2.90. The Labute approximate surface area is 132 Å². The number of benzene rings is 1. The number of alkyl carbamates (subject to hydrolysis) is 1. The molecular formula is C15H17ClN2O4. The van der Waals surface area contributed by atoms with E-state index in [-0.39, 0.29) is 12.7 Å². The van der Waals surface area contributed by atoms with Gasteiger partial charge in [-0.15, -0.1) is 0 Å². The molecule has 0 fully saturated rings. The Morgan fingerprint density at radius 2 is 2.09 bits per heavy atom.